The number of hydrogen-bond donors (Lipinski definition) is 1. The summed E-state index contributed by atoms with van der Waals surface area (Å²) < 4.78 is 75.3. The van der Waals surface area contributed by atoms with Gasteiger partial charge in [-0.25, -0.2) is 8.42 Å². The summed E-state index contributed by atoms with van der Waals surface area (Å²) in [5.74, 6) is -0.583. The number of carbonyl (C=O) groups is 1. The van der Waals surface area contributed by atoms with Gasteiger partial charge >= 0.3 is 5.97 Å². The van der Waals surface area contributed by atoms with Gasteiger partial charge in [-0.15, -0.1) is 0 Å². The lowest BCUT2D eigenvalue weighted by Crippen LogP contribution is -2.32. The highest BCUT2D eigenvalue weighted by Gasteiger charge is 2.45. The molecule has 2 heterocycles. The Labute approximate surface area is 320 Å². The van der Waals surface area contributed by atoms with Crippen LogP contribution < -0.4 is 0 Å². The highest BCUT2D eigenvalue weighted by molar-refractivity contribution is 7.91. The smallest absolute Gasteiger partial charge is 0.311 e. The van der Waals surface area contributed by atoms with Gasteiger partial charge in [0, 0.05) is 12.3 Å². The fourth-order valence-electron chi connectivity index (χ4n) is 7.33. The molecular weight excluding hydrogens is 717 g/mol. The van der Waals surface area contributed by atoms with Crippen molar-refractivity contribution in [2.75, 3.05) is 18.6 Å². The molecule has 10 nitrogen and oxygen atoms in total. The van der Waals surface area contributed by atoms with Gasteiger partial charge in [0.05, 0.1) is 65.5 Å². The van der Waals surface area contributed by atoms with E-state index >= 15 is 0 Å². The molecular formula is C41H66O10S2. The average molecular weight is 783 g/mol. The van der Waals surface area contributed by atoms with Crippen LogP contribution >= 0.6 is 0 Å². The molecule has 0 aromatic heterocycles. The Kier molecular flexibility index (Phi) is 16.8. The van der Waals surface area contributed by atoms with Crippen LogP contribution in [0.4, 0.5) is 0 Å². The minimum atomic E-state index is -3.78. The molecule has 10 atom stereocenters. The molecule has 1 aromatic rings. The normalized spacial score (nSPS) is 26.2. The van der Waals surface area contributed by atoms with Crippen molar-refractivity contribution in [2.45, 2.75) is 148 Å². The van der Waals surface area contributed by atoms with E-state index in [1.807, 2.05) is 34.6 Å². The molecule has 1 aromatic carbocycles. The van der Waals surface area contributed by atoms with E-state index < -0.39 is 43.7 Å². The van der Waals surface area contributed by atoms with E-state index in [-0.39, 0.29) is 59.1 Å². The summed E-state index contributed by atoms with van der Waals surface area (Å²) in [4.78, 5) is 12.3. The first-order chi connectivity index (χ1) is 24.6. The van der Waals surface area contributed by atoms with E-state index in [4.69, 9.17) is 18.4 Å². The second-order valence-electron chi connectivity index (χ2n) is 16.7. The highest BCUT2D eigenvalue weighted by Crippen LogP contribution is 2.41. The number of carbonyl (C=O) groups excluding carboxylic acids is 1. The van der Waals surface area contributed by atoms with Crippen LogP contribution in [0.15, 0.2) is 59.5 Å². The first-order valence-corrected chi connectivity index (χ1v) is 22.8. The molecule has 2 aliphatic heterocycles. The fourth-order valence-corrected chi connectivity index (χ4v) is 9.79. The molecule has 0 aliphatic carbocycles. The topological polar surface area (TPSA) is 142 Å². The van der Waals surface area contributed by atoms with E-state index in [0.29, 0.717) is 56.6 Å². The molecule has 2 saturated heterocycles. The maximum absolute atomic E-state index is 13.5. The number of ether oxygens (including phenoxy) is 3. The lowest BCUT2D eigenvalue weighted by atomic mass is 9.83. The van der Waals surface area contributed by atoms with Gasteiger partial charge in [0.2, 0.25) is 0 Å². The van der Waals surface area contributed by atoms with Gasteiger partial charge in [0.15, 0.2) is 9.84 Å². The van der Waals surface area contributed by atoms with Crippen LogP contribution in [0.5, 0.6) is 0 Å². The van der Waals surface area contributed by atoms with E-state index in [2.05, 4.69) is 27.0 Å². The number of aliphatic hydroxyl groups is 1. The van der Waals surface area contributed by atoms with Gasteiger partial charge in [0.1, 0.15) is 0 Å². The van der Waals surface area contributed by atoms with Crippen LogP contribution in [-0.2, 0) is 43.1 Å². The summed E-state index contributed by atoms with van der Waals surface area (Å²) in [6, 6.07) is 8.43. The van der Waals surface area contributed by atoms with Gasteiger partial charge in [0.25, 0.3) is 10.1 Å². The second-order valence-corrected chi connectivity index (χ2v) is 20.3. The van der Waals surface area contributed by atoms with Gasteiger partial charge in [-0.1, -0.05) is 65.5 Å². The zero-order chi connectivity index (χ0) is 39.7. The lowest BCUT2D eigenvalue weighted by Gasteiger charge is -2.28. The van der Waals surface area contributed by atoms with E-state index in [0.717, 1.165) is 24.7 Å². The first kappa shape index (κ1) is 45.3. The quantitative estimate of drug-likeness (QED) is 0.0578. The Balaban J connectivity index is 1.62. The molecule has 0 saturated carbocycles. The second kappa shape index (κ2) is 19.7. The molecule has 12 heteroatoms. The van der Waals surface area contributed by atoms with Crippen molar-refractivity contribution in [1.29, 1.82) is 0 Å². The third kappa shape index (κ3) is 14.2. The van der Waals surface area contributed by atoms with E-state index in [9.17, 15) is 26.7 Å². The Hall–Kier alpha value is -2.09. The Morgan fingerprint density at radius 3 is 2.30 bits per heavy atom. The van der Waals surface area contributed by atoms with Crippen molar-refractivity contribution in [3.05, 3.63) is 54.6 Å². The molecule has 0 spiro atoms. The highest BCUT2D eigenvalue weighted by atomic mass is 32.2. The van der Waals surface area contributed by atoms with Crippen molar-refractivity contribution in [3.63, 3.8) is 0 Å². The molecule has 0 radical (unpaired) electrons. The maximum Gasteiger partial charge on any atom is 0.311 e. The molecule has 0 amide bonds. The number of sulfone groups is 1. The van der Waals surface area contributed by atoms with Gasteiger partial charge in [-0.05, 0) is 107 Å². The fraction of sp³-hybridized carbons (Fsp3) is 0.732. The number of benzene rings is 1. The summed E-state index contributed by atoms with van der Waals surface area (Å²) in [6.45, 7) is 22.4. The predicted octanol–water partition coefficient (Wildman–Crippen LogP) is 7.46. The van der Waals surface area contributed by atoms with Crippen molar-refractivity contribution >= 4 is 25.9 Å². The van der Waals surface area contributed by atoms with Gasteiger partial charge in [-0.3, -0.25) is 8.98 Å². The molecule has 53 heavy (non-hydrogen) atoms. The van der Waals surface area contributed by atoms with Crippen LogP contribution in [0.25, 0.3) is 0 Å². The minimum absolute atomic E-state index is 0.0314. The predicted molar refractivity (Wildman–Crippen MR) is 208 cm³/mol. The first-order valence-electron chi connectivity index (χ1n) is 19.3. The van der Waals surface area contributed by atoms with Crippen molar-refractivity contribution in [3.8, 4) is 0 Å². The molecule has 1 N–H and O–H groups in total. The van der Waals surface area contributed by atoms with Crippen LogP contribution in [-0.4, -0.2) is 83.2 Å². The van der Waals surface area contributed by atoms with Gasteiger partial charge in [-0.2, -0.15) is 8.42 Å². The van der Waals surface area contributed by atoms with E-state index in [1.54, 1.807) is 30.3 Å². The monoisotopic (exact) mass is 782 g/mol. The molecule has 2 fully saturated rings. The average Bonchev–Trinajstić information content (AvgIpc) is 3.57. The number of aliphatic hydroxyl groups excluding tert-OH is 1. The van der Waals surface area contributed by atoms with Crippen molar-refractivity contribution in [2.24, 2.45) is 29.1 Å². The Morgan fingerprint density at radius 1 is 1.04 bits per heavy atom. The molecule has 2 unspecified atom stereocenters. The maximum atomic E-state index is 13.5. The zero-order valence-corrected chi connectivity index (χ0v) is 34.9. The van der Waals surface area contributed by atoms with Crippen LogP contribution in [0, 0.1) is 29.1 Å². The van der Waals surface area contributed by atoms with Crippen molar-refractivity contribution in [1.82, 2.24) is 0 Å². The van der Waals surface area contributed by atoms with Crippen LogP contribution in [0.1, 0.15) is 106 Å². The third-order valence-electron chi connectivity index (χ3n) is 10.9. The summed E-state index contributed by atoms with van der Waals surface area (Å²) >= 11 is 0. The Bertz CT molecular complexity index is 1570. The Morgan fingerprint density at radius 2 is 1.70 bits per heavy atom. The third-order valence-corrected chi connectivity index (χ3v) is 13.4. The summed E-state index contributed by atoms with van der Waals surface area (Å²) in [5, 5.41) is 11.5. The number of esters is 1. The SMILES string of the molecule is C=C1C[C@H](CCCOC(=O)C(C)(C)C)OC1CC[C@H](C[C@@H](C)C(=C)[C@@H](O)C[C@@H]1OC(C[C@H](C)CC)[C@H](C)[C@H]1CS(=O)(=O)c1ccccc1)OS(C)(=O)=O. The van der Waals surface area contributed by atoms with Crippen molar-refractivity contribution < 1.29 is 45.1 Å². The van der Waals surface area contributed by atoms with E-state index in [1.165, 1.54) is 0 Å². The van der Waals surface area contributed by atoms with Crippen LogP contribution in [0.2, 0.25) is 0 Å². The minimum Gasteiger partial charge on any atom is -0.465 e. The molecule has 3 rings (SSSR count). The summed E-state index contributed by atoms with van der Waals surface area (Å²) in [5.41, 5.74) is 0.910. The van der Waals surface area contributed by atoms with Crippen LogP contribution in [0.3, 0.4) is 0 Å². The zero-order valence-electron chi connectivity index (χ0n) is 33.3. The number of rotatable bonds is 21. The van der Waals surface area contributed by atoms with Gasteiger partial charge < -0.3 is 19.3 Å². The lowest BCUT2D eigenvalue weighted by molar-refractivity contribution is -0.153. The molecule has 2 aliphatic rings. The number of hydrogen-bond acceptors (Lipinski definition) is 10. The standard InChI is InChI=1S/C41H66O10S2/c1-11-27(2)22-38-31(6)35(26-53(46,47)34-17-13-12-14-18-34)39(50-38)25-36(42)30(5)28(3)23-33(51-52(10,44)45)19-20-37-29(4)24-32(49-37)16-15-21-48-40(43)41(7,8)9/h12-14,17-18,27-28,31-33,35-39,42H,4-5,11,15-16,19-26H2,1-3,6-10H3/t27-,28-,31-,32+,33-,35-,36+,37?,38?,39+/m1/s1. The largest absolute Gasteiger partial charge is 0.465 e. The molecule has 0 bridgehead atoms. The summed E-state index contributed by atoms with van der Waals surface area (Å²) in [6.07, 6.45) is 3.66. The molecule has 302 valence electrons. The summed E-state index contributed by atoms with van der Waals surface area (Å²) in [7, 11) is -7.38.